The van der Waals surface area contributed by atoms with Crippen LogP contribution in [0.15, 0.2) is 18.2 Å². The first-order chi connectivity index (χ1) is 11.2. The molecule has 0 saturated carbocycles. The van der Waals surface area contributed by atoms with E-state index < -0.39 is 11.9 Å². The van der Waals surface area contributed by atoms with E-state index in [4.69, 9.17) is 11.6 Å². The van der Waals surface area contributed by atoms with E-state index >= 15 is 0 Å². The average molecular weight is 352 g/mol. The van der Waals surface area contributed by atoms with Crippen molar-refractivity contribution >= 4 is 23.2 Å². The van der Waals surface area contributed by atoms with Crippen molar-refractivity contribution in [1.82, 2.24) is 9.78 Å². The zero-order valence-electron chi connectivity index (χ0n) is 14.7. The summed E-state index contributed by atoms with van der Waals surface area (Å²) in [6, 6.07) is 5.34. The van der Waals surface area contributed by atoms with E-state index in [2.05, 4.69) is 31.2 Å². The Morgan fingerprint density at radius 2 is 2.04 bits per heavy atom. The fourth-order valence-electron chi connectivity index (χ4n) is 2.96. The maximum Gasteiger partial charge on any atom is 0.262 e. The maximum absolute atomic E-state index is 14.1. The molecule has 130 valence electrons. The van der Waals surface area contributed by atoms with Gasteiger partial charge in [-0.25, -0.2) is 4.68 Å². The zero-order valence-corrected chi connectivity index (χ0v) is 15.4. The van der Waals surface area contributed by atoms with E-state index in [-0.39, 0.29) is 11.5 Å². The molecule has 1 atom stereocenters. The van der Waals surface area contributed by atoms with Gasteiger partial charge in [0.2, 0.25) is 5.95 Å². The Labute approximate surface area is 147 Å². The number of rotatable bonds is 5. The molecule has 24 heavy (non-hydrogen) atoms. The van der Waals surface area contributed by atoms with Crippen LogP contribution in [0.2, 0.25) is 5.02 Å². The molecule has 0 radical (unpaired) electrons. The Balaban J connectivity index is 2.34. The number of halogens is 2. The van der Waals surface area contributed by atoms with E-state index in [0.29, 0.717) is 22.3 Å². The first-order valence-electron chi connectivity index (χ1n) is 8.00. The minimum Gasteiger partial charge on any atom is -0.322 e. The van der Waals surface area contributed by atoms with Crippen LogP contribution < -0.4 is 5.32 Å². The lowest BCUT2D eigenvalue weighted by Gasteiger charge is -2.19. The van der Waals surface area contributed by atoms with Crippen molar-refractivity contribution in [3.8, 4) is 0 Å². The van der Waals surface area contributed by atoms with Crippen LogP contribution in [0.5, 0.6) is 0 Å². The van der Waals surface area contributed by atoms with Gasteiger partial charge in [0.25, 0.3) is 5.91 Å². The molecule has 0 fully saturated rings. The highest BCUT2D eigenvalue weighted by molar-refractivity contribution is 6.30. The first kappa shape index (κ1) is 18.5. The van der Waals surface area contributed by atoms with Gasteiger partial charge in [-0.3, -0.25) is 4.79 Å². The van der Waals surface area contributed by atoms with E-state index in [1.807, 2.05) is 6.07 Å². The maximum atomic E-state index is 14.1. The molecular weight excluding hydrogens is 329 g/mol. The van der Waals surface area contributed by atoms with Gasteiger partial charge in [0, 0.05) is 17.8 Å². The summed E-state index contributed by atoms with van der Waals surface area (Å²) in [5.41, 5.74) is 1.93. The Morgan fingerprint density at radius 1 is 1.38 bits per heavy atom. The molecule has 0 aliphatic carbocycles. The topological polar surface area (TPSA) is 46.9 Å². The molecule has 1 N–H and O–H groups in total. The number of nitrogens with zero attached hydrogens (tertiary/aromatic N) is 2. The normalized spacial score (nSPS) is 12.5. The molecule has 0 spiro atoms. The number of hydrogen-bond acceptors (Lipinski definition) is 2. The number of nitrogens with one attached hydrogen (secondary N) is 1. The molecule has 1 aromatic heterocycles. The van der Waals surface area contributed by atoms with E-state index in [0.717, 1.165) is 16.7 Å². The van der Waals surface area contributed by atoms with Crippen molar-refractivity contribution in [3.05, 3.63) is 46.0 Å². The predicted molar refractivity (Wildman–Crippen MR) is 95.2 cm³/mol. The smallest absolute Gasteiger partial charge is 0.262 e. The molecule has 1 heterocycles. The number of anilines is 1. The van der Waals surface area contributed by atoms with Gasteiger partial charge in [-0.2, -0.15) is 9.49 Å². The van der Waals surface area contributed by atoms with Crippen molar-refractivity contribution in [2.45, 2.75) is 40.0 Å². The average Bonchev–Trinajstić information content (AvgIpc) is 2.73. The molecule has 0 aliphatic rings. The van der Waals surface area contributed by atoms with Gasteiger partial charge < -0.3 is 5.32 Å². The Morgan fingerprint density at radius 3 is 2.58 bits per heavy atom. The minimum atomic E-state index is -0.643. The summed E-state index contributed by atoms with van der Waals surface area (Å²) in [7, 11) is 1.47. The van der Waals surface area contributed by atoms with Gasteiger partial charge in [0.1, 0.15) is 5.56 Å². The molecule has 4 nitrogen and oxygen atoms in total. The van der Waals surface area contributed by atoms with Crippen molar-refractivity contribution < 1.29 is 9.18 Å². The highest BCUT2D eigenvalue weighted by Gasteiger charge is 2.22. The third-order valence-corrected chi connectivity index (χ3v) is 4.23. The number of aromatic nitrogens is 2. The quantitative estimate of drug-likeness (QED) is 0.830. The predicted octanol–water partition coefficient (Wildman–Crippen LogP) is 4.92. The zero-order chi connectivity index (χ0) is 18.0. The van der Waals surface area contributed by atoms with E-state index in [1.54, 1.807) is 19.1 Å². The molecule has 0 bridgehead atoms. The van der Waals surface area contributed by atoms with Crippen molar-refractivity contribution in [1.29, 1.82) is 0 Å². The second kappa shape index (κ2) is 7.34. The summed E-state index contributed by atoms with van der Waals surface area (Å²) in [5.74, 6) is -0.409. The van der Waals surface area contributed by atoms with Crippen LogP contribution >= 0.6 is 11.6 Å². The largest absolute Gasteiger partial charge is 0.322 e. The molecule has 1 aromatic carbocycles. The van der Waals surface area contributed by atoms with Crippen molar-refractivity contribution in [2.75, 3.05) is 5.32 Å². The summed E-state index contributed by atoms with van der Waals surface area (Å²) < 4.78 is 15.2. The number of hydrogen-bond donors (Lipinski definition) is 1. The van der Waals surface area contributed by atoms with Gasteiger partial charge in [0.15, 0.2) is 0 Å². The molecule has 1 amide bonds. The van der Waals surface area contributed by atoms with Crippen LogP contribution in [0, 0.1) is 18.8 Å². The third kappa shape index (κ3) is 3.96. The van der Waals surface area contributed by atoms with Gasteiger partial charge in [0.05, 0.1) is 5.69 Å². The Kier molecular flexibility index (Phi) is 5.65. The molecule has 1 unspecified atom stereocenters. The number of aryl methyl sites for hydroxylation is 2. The van der Waals surface area contributed by atoms with Gasteiger partial charge in [-0.05, 0) is 48.9 Å². The van der Waals surface area contributed by atoms with Crippen molar-refractivity contribution in [3.63, 3.8) is 0 Å². The van der Waals surface area contributed by atoms with Crippen LogP contribution in [0.3, 0.4) is 0 Å². The summed E-state index contributed by atoms with van der Waals surface area (Å²) in [5, 5.41) is 7.37. The lowest BCUT2D eigenvalue weighted by atomic mass is 9.91. The summed E-state index contributed by atoms with van der Waals surface area (Å²) in [6.45, 7) is 8.00. The van der Waals surface area contributed by atoms with Gasteiger partial charge in [-0.15, -0.1) is 0 Å². The summed E-state index contributed by atoms with van der Waals surface area (Å²) in [4.78, 5) is 12.5. The standard InChI is InChI=1S/C18H23ClFN3O/c1-10(2)8-11(3)14-9-13(19)6-7-15(14)21-18(24)16-12(4)22-23(5)17(16)20/h6-7,9-11H,8H2,1-5H3,(H,21,24). The lowest BCUT2D eigenvalue weighted by molar-refractivity contribution is 0.102. The number of carbonyl (C=O) groups excluding carboxylic acids is 1. The monoisotopic (exact) mass is 351 g/mol. The first-order valence-corrected chi connectivity index (χ1v) is 8.38. The SMILES string of the molecule is Cc1nn(C)c(F)c1C(=O)Nc1ccc(Cl)cc1C(C)CC(C)C. The van der Waals surface area contributed by atoms with Crippen LogP contribution in [-0.2, 0) is 7.05 Å². The molecule has 0 saturated heterocycles. The molecular formula is C18H23ClFN3O. The number of benzene rings is 1. The second-order valence-electron chi connectivity index (χ2n) is 6.59. The molecule has 2 aromatic rings. The van der Waals surface area contributed by atoms with Gasteiger partial charge >= 0.3 is 0 Å². The second-order valence-corrected chi connectivity index (χ2v) is 7.03. The summed E-state index contributed by atoms with van der Waals surface area (Å²) >= 11 is 6.12. The molecule has 0 aliphatic heterocycles. The van der Waals surface area contributed by atoms with E-state index in [9.17, 15) is 9.18 Å². The molecule has 2 rings (SSSR count). The summed E-state index contributed by atoms with van der Waals surface area (Å²) in [6.07, 6.45) is 0.962. The van der Waals surface area contributed by atoms with Crippen molar-refractivity contribution in [2.24, 2.45) is 13.0 Å². The van der Waals surface area contributed by atoms with Gasteiger partial charge in [-0.1, -0.05) is 32.4 Å². The van der Waals surface area contributed by atoms with Crippen LogP contribution in [0.25, 0.3) is 0 Å². The Hall–Kier alpha value is -1.88. The third-order valence-electron chi connectivity index (χ3n) is 4.00. The fourth-order valence-corrected chi connectivity index (χ4v) is 3.14. The van der Waals surface area contributed by atoms with E-state index in [1.165, 1.54) is 7.05 Å². The fraction of sp³-hybridized carbons (Fsp3) is 0.444. The van der Waals surface area contributed by atoms with Crippen LogP contribution in [0.1, 0.15) is 54.7 Å². The molecule has 6 heteroatoms. The number of amides is 1. The van der Waals surface area contributed by atoms with Crippen LogP contribution in [0.4, 0.5) is 10.1 Å². The van der Waals surface area contributed by atoms with Crippen LogP contribution in [-0.4, -0.2) is 15.7 Å². The minimum absolute atomic E-state index is 0.0325. The number of carbonyl (C=O) groups is 1. The highest BCUT2D eigenvalue weighted by atomic mass is 35.5. The lowest BCUT2D eigenvalue weighted by Crippen LogP contribution is -2.16. The highest BCUT2D eigenvalue weighted by Crippen LogP contribution is 2.32. The Bertz CT molecular complexity index is 755.